The van der Waals surface area contributed by atoms with Crippen LogP contribution in [0, 0.1) is 5.82 Å². The van der Waals surface area contributed by atoms with Gasteiger partial charge in [0.2, 0.25) is 0 Å². The summed E-state index contributed by atoms with van der Waals surface area (Å²) in [7, 11) is 1.74. The molecule has 3 heterocycles. The summed E-state index contributed by atoms with van der Waals surface area (Å²) in [6.45, 7) is 4.92. The summed E-state index contributed by atoms with van der Waals surface area (Å²) in [5.41, 5.74) is 4.63. The number of benzene rings is 2. The average Bonchev–Trinajstić information content (AvgIpc) is 3.57. The topological polar surface area (TPSA) is 55.3 Å². The van der Waals surface area contributed by atoms with E-state index in [1.165, 1.54) is 28.6 Å². The number of nitrogens with one attached hydrogen (secondary N) is 1. The predicted octanol–water partition coefficient (Wildman–Crippen LogP) is 4.72. The Balaban J connectivity index is 1.20. The Kier molecular flexibility index (Phi) is 6.41. The monoisotopic (exact) mass is 448 g/mol. The van der Waals surface area contributed by atoms with Crippen molar-refractivity contribution in [2.24, 2.45) is 0 Å². The van der Waals surface area contributed by atoms with Gasteiger partial charge >= 0.3 is 0 Å². The summed E-state index contributed by atoms with van der Waals surface area (Å²) in [5.74, 6) is 0.781. The number of rotatable bonds is 9. The van der Waals surface area contributed by atoms with Crippen LogP contribution in [0.1, 0.15) is 29.3 Å². The van der Waals surface area contributed by atoms with Crippen molar-refractivity contribution < 1.29 is 13.9 Å². The van der Waals surface area contributed by atoms with Crippen molar-refractivity contribution >= 4 is 10.9 Å². The zero-order valence-corrected chi connectivity index (χ0v) is 18.8. The second-order valence-electron chi connectivity index (χ2n) is 8.64. The molecular weight excluding hydrogens is 419 g/mol. The molecule has 0 spiro atoms. The predicted molar refractivity (Wildman–Crippen MR) is 126 cm³/mol. The van der Waals surface area contributed by atoms with E-state index in [4.69, 9.17) is 9.47 Å². The molecule has 1 aliphatic heterocycles. The van der Waals surface area contributed by atoms with Gasteiger partial charge in [-0.25, -0.2) is 4.39 Å². The van der Waals surface area contributed by atoms with Gasteiger partial charge in [0, 0.05) is 49.8 Å². The zero-order chi connectivity index (χ0) is 22.6. The molecule has 5 rings (SSSR count). The van der Waals surface area contributed by atoms with E-state index in [-0.39, 0.29) is 5.82 Å². The molecule has 0 bridgehead atoms. The molecule has 0 aliphatic carbocycles. The van der Waals surface area contributed by atoms with Crippen LogP contribution < -0.4 is 4.74 Å². The molecule has 0 amide bonds. The lowest BCUT2D eigenvalue weighted by molar-refractivity contribution is 0.188. The number of halogens is 1. The molecule has 0 radical (unpaired) electrons. The molecule has 33 heavy (non-hydrogen) atoms. The molecule has 1 atom stereocenters. The molecule has 2 aromatic carbocycles. The number of para-hydroxylation sites is 1. The minimum atomic E-state index is -0.267. The van der Waals surface area contributed by atoms with Crippen LogP contribution in [-0.4, -0.2) is 46.5 Å². The Morgan fingerprint density at radius 2 is 2.00 bits per heavy atom. The number of aromatic nitrogens is 3. The van der Waals surface area contributed by atoms with E-state index in [0.717, 1.165) is 44.0 Å². The largest absolute Gasteiger partial charge is 0.487 e. The quantitative estimate of drug-likeness (QED) is 0.403. The van der Waals surface area contributed by atoms with Gasteiger partial charge in [0.25, 0.3) is 0 Å². The Labute approximate surface area is 192 Å². The maximum Gasteiger partial charge on any atom is 0.130 e. The van der Waals surface area contributed by atoms with Crippen LogP contribution in [0.4, 0.5) is 4.39 Å². The summed E-state index contributed by atoms with van der Waals surface area (Å²) in [5, 5.41) is 8.95. The highest BCUT2D eigenvalue weighted by atomic mass is 19.1. The van der Waals surface area contributed by atoms with Crippen LogP contribution in [0.25, 0.3) is 10.9 Å². The Morgan fingerprint density at radius 1 is 1.15 bits per heavy atom. The van der Waals surface area contributed by atoms with Crippen LogP contribution in [0.3, 0.4) is 0 Å². The van der Waals surface area contributed by atoms with Gasteiger partial charge in [0.1, 0.15) is 18.2 Å². The highest BCUT2D eigenvalue weighted by Crippen LogP contribution is 2.30. The van der Waals surface area contributed by atoms with Crippen LogP contribution in [0.2, 0.25) is 0 Å². The summed E-state index contributed by atoms with van der Waals surface area (Å²) >= 11 is 0. The maximum absolute atomic E-state index is 13.0. The molecule has 4 aromatic rings. The molecule has 7 heteroatoms. The third-order valence-electron chi connectivity index (χ3n) is 6.35. The number of likely N-dealkylation sites (tertiary alicyclic amines) is 1. The van der Waals surface area contributed by atoms with Gasteiger partial charge in [-0.05, 0) is 54.9 Å². The summed E-state index contributed by atoms with van der Waals surface area (Å²) < 4.78 is 26.4. The lowest BCUT2D eigenvalue weighted by atomic mass is 10.1. The van der Waals surface area contributed by atoms with Crippen LogP contribution in [-0.2, 0) is 24.4 Å². The molecule has 1 fully saturated rings. The molecule has 6 nitrogen and oxygen atoms in total. The van der Waals surface area contributed by atoms with Crippen molar-refractivity contribution in [3.05, 3.63) is 83.6 Å². The fraction of sp³-hybridized carbons (Fsp3) is 0.346. The Morgan fingerprint density at radius 3 is 2.85 bits per heavy atom. The fourth-order valence-corrected chi connectivity index (χ4v) is 4.64. The number of nitrogens with zero attached hydrogens (tertiary/aromatic N) is 3. The lowest BCUT2D eigenvalue weighted by Gasteiger charge is -2.15. The Hall–Kier alpha value is -3.16. The van der Waals surface area contributed by atoms with E-state index in [1.54, 1.807) is 19.2 Å². The number of hydrogen-bond acceptors (Lipinski definition) is 4. The van der Waals surface area contributed by atoms with Crippen LogP contribution in [0.15, 0.2) is 60.8 Å². The first kappa shape index (κ1) is 21.7. The second-order valence-corrected chi connectivity index (χ2v) is 8.64. The number of H-pyrrole nitrogens is 1. The molecule has 1 saturated heterocycles. The second kappa shape index (κ2) is 9.77. The molecule has 1 N–H and O–H groups in total. The SMILES string of the molecule is COCCn1cc(CN2CC[C@@H](c3cc(COc4ccc(F)cc4)[nH]n3)C2)c2ccccc21. The first-order chi connectivity index (χ1) is 16.2. The first-order valence-electron chi connectivity index (χ1n) is 11.4. The average molecular weight is 449 g/mol. The number of aromatic amines is 1. The molecule has 0 saturated carbocycles. The number of fused-ring (bicyclic) bond motifs is 1. The van der Waals surface area contributed by atoms with E-state index in [2.05, 4.69) is 56.2 Å². The van der Waals surface area contributed by atoms with Crippen molar-refractivity contribution in [3.63, 3.8) is 0 Å². The smallest absolute Gasteiger partial charge is 0.130 e. The van der Waals surface area contributed by atoms with E-state index in [0.29, 0.717) is 24.9 Å². The first-order valence-corrected chi connectivity index (χ1v) is 11.4. The Bertz CT molecular complexity index is 1200. The van der Waals surface area contributed by atoms with E-state index in [9.17, 15) is 4.39 Å². The minimum absolute atomic E-state index is 0.267. The van der Waals surface area contributed by atoms with Gasteiger partial charge in [0.15, 0.2) is 0 Å². The van der Waals surface area contributed by atoms with Crippen LogP contribution in [0.5, 0.6) is 5.75 Å². The molecule has 2 aromatic heterocycles. The number of ether oxygens (including phenoxy) is 2. The van der Waals surface area contributed by atoms with Gasteiger partial charge in [0.05, 0.1) is 18.0 Å². The van der Waals surface area contributed by atoms with Crippen molar-refractivity contribution in [1.82, 2.24) is 19.7 Å². The number of hydrogen-bond donors (Lipinski definition) is 1. The fourth-order valence-electron chi connectivity index (χ4n) is 4.64. The van der Waals surface area contributed by atoms with Gasteiger partial charge in [-0.1, -0.05) is 18.2 Å². The highest BCUT2D eigenvalue weighted by Gasteiger charge is 2.26. The normalized spacial score (nSPS) is 16.6. The summed E-state index contributed by atoms with van der Waals surface area (Å²) in [6.07, 6.45) is 3.36. The van der Waals surface area contributed by atoms with Crippen molar-refractivity contribution in [2.45, 2.75) is 32.0 Å². The molecule has 0 unspecified atom stereocenters. The molecule has 1 aliphatic rings. The van der Waals surface area contributed by atoms with Gasteiger partial charge in [-0.3, -0.25) is 10.00 Å². The third-order valence-corrected chi connectivity index (χ3v) is 6.35. The van der Waals surface area contributed by atoms with E-state index in [1.807, 2.05) is 0 Å². The van der Waals surface area contributed by atoms with E-state index >= 15 is 0 Å². The minimum Gasteiger partial charge on any atom is -0.487 e. The third kappa shape index (κ3) is 4.94. The van der Waals surface area contributed by atoms with Crippen molar-refractivity contribution in [2.75, 3.05) is 26.8 Å². The van der Waals surface area contributed by atoms with Gasteiger partial charge in [-0.2, -0.15) is 5.10 Å². The molecular formula is C26H29FN4O2. The highest BCUT2D eigenvalue weighted by molar-refractivity contribution is 5.83. The van der Waals surface area contributed by atoms with Crippen molar-refractivity contribution in [1.29, 1.82) is 0 Å². The summed E-state index contributed by atoms with van der Waals surface area (Å²) in [6, 6.07) is 16.7. The molecule has 172 valence electrons. The lowest BCUT2D eigenvalue weighted by Crippen LogP contribution is -2.19. The zero-order valence-electron chi connectivity index (χ0n) is 18.8. The standard InChI is InChI=1S/C26H29FN4O2/c1-32-13-12-31-17-20(24-4-2-3-5-26(24)31)16-30-11-10-19(15-30)25-14-22(28-29-25)18-33-23-8-6-21(27)7-9-23/h2-9,14,17,19H,10-13,15-16,18H2,1H3,(H,28,29)/t19-/m1/s1. The van der Waals surface area contributed by atoms with E-state index < -0.39 is 0 Å². The maximum atomic E-state index is 13.0. The van der Waals surface area contributed by atoms with Gasteiger partial charge < -0.3 is 14.0 Å². The van der Waals surface area contributed by atoms with Gasteiger partial charge in [-0.15, -0.1) is 0 Å². The van der Waals surface area contributed by atoms with Crippen LogP contribution >= 0.6 is 0 Å². The number of methoxy groups -OCH3 is 1. The van der Waals surface area contributed by atoms with Crippen molar-refractivity contribution in [3.8, 4) is 5.75 Å². The summed E-state index contributed by atoms with van der Waals surface area (Å²) in [4.78, 5) is 2.51.